The Morgan fingerprint density at radius 2 is 1.58 bits per heavy atom. The van der Waals surface area contributed by atoms with Gasteiger partial charge in [-0.25, -0.2) is 9.59 Å². The molecule has 0 aliphatic rings. The summed E-state index contributed by atoms with van der Waals surface area (Å²) in [6.45, 7) is 1.28. The number of carbonyl (C=O) groups excluding carboxylic acids is 3. The van der Waals surface area contributed by atoms with E-state index in [9.17, 15) is 14.4 Å². The number of nitrogens with one attached hydrogen (secondary N) is 1. The third-order valence-electron chi connectivity index (χ3n) is 4.35. The van der Waals surface area contributed by atoms with Crippen molar-refractivity contribution in [2.24, 2.45) is 0 Å². The fourth-order valence-corrected chi connectivity index (χ4v) is 2.74. The zero-order valence-electron chi connectivity index (χ0n) is 17.1. The number of hydrogen-bond acceptors (Lipinski definition) is 6. The van der Waals surface area contributed by atoms with Crippen LogP contribution in [0.4, 0.5) is 5.69 Å². The van der Waals surface area contributed by atoms with E-state index >= 15 is 0 Å². The van der Waals surface area contributed by atoms with Gasteiger partial charge in [-0.05, 0) is 48.9 Å². The lowest BCUT2D eigenvalue weighted by atomic mass is 10.1. The second-order valence-corrected chi connectivity index (χ2v) is 6.56. The molecule has 7 heteroatoms. The molecular weight excluding hydrogens is 398 g/mol. The molecule has 0 fully saturated rings. The third-order valence-corrected chi connectivity index (χ3v) is 4.35. The number of carbonyl (C=O) groups is 3. The van der Waals surface area contributed by atoms with Gasteiger partial charge in [-0.2, -0.15) is 0 Å². The van der Waals surface area contributed by atoms with Crippen molar-refractivity contribution in [1.82, 2.24) is 0 Å². The molecule has 0 saturated carbocycles. The van der Waals surface area contributed by atoms with E-state index in [1.807, 2.05) is 18.2 Å². The average molecular weight is 419 g/mol. The summed E-state index contributed by atoms with van der Waals surface area (Å²) in [6, 6.07) is 20.4. The molecule has 0 aliphatic carbocycles. The minimum Gasteiger partial charge on any atom is -0.465 e. The van der Waals surface area contributed by atoms with E-state index in [1.54, 1.807) is 55.5 Å². The molecule has 7 nitrogen and oxygen atoms in total. The van der Waals surface area contributed by atoms with Gasteiger partial charge in [0, 0.05) is 5.69 Å². The van der Waals surface area contributed by atoms with Crippen LogP contribution in [0.2, 0.25) is 0 Å². The van der Waals surface area contributed by atoms with Crippen LogP contribution in [-0.2, 0) is 14.3 Å². The highest BCUT2D eigenvalue weighted by Gasteiger charge is 2.17. The first-order chi connectivity index (χ1) is 15.0. The normalized spacial score (nSPS) is 10.1. The number of benzene rings is 3. The smallest absolute Gasteiger partial charge is 0.342 e. The van der Waals surface area contributed by atoms with Crippen LogP contribution in [0.15, 0.2) is 72.8 Å². The monoisotopic (exact) mass is 419 g/mol. The molecule has 3 aromatic rings. The Labute approximate surface area is 179 Å². The molecule has 0 aromatic heterocycles. The molecule has 0 heterocycles. The van der Waals surface area contributed by atoms with Crippen molar-refractivity contribution in [3.63, 3.8) is 0 Å². The predicted molar refractivity (Wildman–Crippen MR) is 114 cm³/mol. The molecule has 0 radical (unpaired) electrons. The third kappa shape index (κ3) is 5.70. The Kier molecular flexibility index (Phi) is 7.01. The van der Waals surface area contributed by atoms with E-state index in [2.05, 4.69) is 10.1 Å². The van der Waals surface area contributed by atoms with Gasteiger partial charge in [-0.3, -0.25) is 4.79 Å². The van der Waals surface area contributed by atoms with Crippen LogP contribution in [0.3, 0.4) is 0 Å². The van der Waals surface area contributed by atoms with Crippen LogP contribution in [0, 0.1) is 6.92 Å². The van der Waals surface area contributed by atoms with Crippen molar-refractivity contribution >= 4 is 23.5 Å². The van der Waals surface area contributed by atoms with Crippen LogP contribution in [0.5, 0.6) is 11.5 Å². The zero-order chi connectivity index (χ0) is 22.2. The van der Waals surface area contributed by atoms with E-state index < -0.39 is 24.5 Å². The van der Waals surface area contributed by atoms with Gasteiger partial charge in [0.05, 0.1) is 12.7 Å². The first kappa shape index (κ1) is 21.6. The van der Waals surface area contributed by atoms with Gasteiger partial charge < -0.3 is 19.5 Å². The van der Waals surface area contributed by atoms with Gasteiger partial charge in [0.25, 0.3) is 5.91 Å². The van der Waals surface area contributed by atoms with E-state index in [0.717, 1.165) is 5.56 Å². The number of esters is 2. The van der Waals surface area contributed by atoms with Crippen molar-refractivity contribution in [3.05, 3.63) is 89.5 Å². The number of hydrogen-bond donors (Lipinski definition) is 1. The molecule has 158 valence electrons. The minimum atomic E-state index is -0.693. The molecule has 3 rings (SSSR count). The molecule has 0 atom stereocenters. The summed E-state index contributed by atoms with van der Waals surface area (Å²) >= 11 is 0. The summed E-state index contributed by atoms with van der Waals surface area (Å²) in [5.74, 6) is -0.860. The average Bonchev–Trinajstić information content (AvgIpc) is 2.79. The van der Waals surface area contributed by atoms with Crippen molar-refractivity contribution in [2.75, 3.05) is 19.0 Å². The van der Waals surface area contributed by atoms with Crippen molar-refractivity contribution in [1.29, 1.82) is 0 Å². The minimum absolute atomic E-state index is 0.197. The first-order valence-electron chi connectivity index (χ1n) is 9.46. The highest BCUT2D eigenvalue weighted by atomic mass is 16.5. The molecule has 0 spiro atoms. The quantitative estimate of drug-likeness (QED) is 0.572. The number of aryl methyl sites for hydroxylation is 1. The Morgan fingerprint density at radius 1 is 0.871 bits per heavy atom. The summed E-state index contributed by atoms with van der Waals surface area (Å²) in [5.41, 5.74) is 1.67. The highest BCUT2D eigenvalue weighted by Crippen LogP contribution is 2.25. The maximum atomic E-state index is 12.5. The number of anilines is 1. The molecule has 0 aliphatic heterocycles. The lowest BCUT2D eigenvalue weighted by molar-refractivity contribution is -0.119. The van der Waals surface area contributed by atoms with Crippen molar-refractivity contribution < 1.29 is 28.6 Å². The Hall–Kier alpha value is -4.13. The number of para-hydroxylation sites is 2. The molecular formula is C24H21NO6. The van der Waals surface area contributed by atoms with Crippen LogP contribution in [0.1, 0.15) is 26.3 Å². The first-order valence-corrected chi connectivity index (χ1v) is 9.46. The number of ether oxygens (including phenoxy) is 3. The topological polar surface area (TPSA) is 90.9 Å². The molecule has 0 bridgehead atoms. The van der Waals surface area contributed by atoms with E-state index in [1.165, 1.54) is 13.2 Å². The summed E-state index contributed by atoms with van der Waals surface area (Å²) in [5, 5.41) is 2.64. The number of amides is 1. The lowest BCUT2D eigenvalue weighted by Crippen LogP contribution is -2.21. The second kappa shape index (κ2) is 10.1. The summed E-state index contributed by atoms with van der Waals surface area (Å²) in [4.78, 5) is 36.5. The second-order valence-electron chi connectivity index (χ2n) is 6.56. The SMILES string of the molecule is COC(=O)c1ccc(C)c(NC(=O)COC(=O)c2ccccc2Oc2ccccc2)c1. The highest BCUT2D eigenvalue weighted by molar-refractivity contribution is 5.98. The summed E-state index contributed by atoms with van der Waals surface area (Å²) in [7, 11) is 1.28. The zero-order valence-corrected chi connectivity index (χ0v) is 17.1. The number of methoxy groups -OCH3 is 1. The molecule has 1 amide bonds. The fourth-order valence-electron chi connectivity index (χ4n) is 2.74. The Morgan fingerprint density at radius 3 is 2.32 bits per heavy atom. The van der Waals surface area contributed by atoms with Gasteiger partial charge in [0.1, 0.15) is 17.1 Å². The summed E-state index contributed by atoms with van der Waals surface area (Å²) < 4.78 is 15.6. The van der Waals surface area contributed by atoms with E-state index in [0.29, 0.717) is 22.7 Å². The molecule has 0 saturated heterocycles. The van der Waals surface area contributed by atoms with Gasteiger partial charge in [0.2, 0.25) is 0 Å². The van der Waals surface area contributed by atoms with Gasteiger partial charge in [-0.15, -0.1) is 0 Å². The lowest BCUT2D eigenvalue weighted by Gasteiger charge is -2.12. The van der Waals surface area contributed by atoms with Gasteiger partial charge >= 0.3 is 11.9 Å². The number of rotatable bonds is 7. The van der Waals surface area contributed by atoms with Crippen LogP contribution >= 0.6 is 0 Å². The molecule has 0 unspecified atom stereocenters. The van der Waals surface area contributed by atoms with E-state index in [4.69, 9.17) is 9.47 Å². The Balaban J connectivity index is 1.64. The fraction of sp³-hybridized carbons (Fsp3) is 0.125. The van der Waals surface area contributed by atoms with Crippen LogP contribution in [0.25, 0.3) is 0 Å². The predicted octanol–water partition coefficient (Wildman–Crippen LogP) is 4.37. The van der Waals surface area contributed by atoms with Crippen molar-refractivity contribution in [3.8, 4) is 11.5 Å². The summed E-state index contributed by atoms with van der Waals surface area (Å²) in [6.07, 6.45) is 0. The standard InChI is InChI=1S/C24H21NO6/c1-16-12-13-17(23(27)29-2)14-20(16)25-22(26)15-30-24(28)19-10-6-7-11-21(19)31-18-8-4-3-5-9-18/h3-14H,15H2,1-2H3,(H,25,26). The van der Waals surface area contributed by atoms with Crippen LogP contribution < -0.4 is 10.1 Å². The largest absolute Gasteiger partial charge is 0.465 e. The van der Waals surface area contributed by atoms with Gasteiger partial charge in [0.15, 0.2) is 6.61 Å². The van der Waals surface area contributed by atoms with E-state index in [-0.39, 0.29) is 5.56 Å². The van der Waals surface area contributed by atoms with Crippen LogP contribution in [-0.4, -0.2) is 31.6 Å². The Bertz CT molecular complexity index is 1090. The molecule has 3 aromatic carbocycles. The van der Waals surface area contributed by atoms with Crippen molar-refractivity contribution in [2.45, 2.75) is 6.92 Å². The maximum absolute atomic E-state index is 12.5. The van der Waals surface area contributed by atoms with Gasteiger partial charge in [-0.1, -0.05) is 36.4 Å². The molecule has 31 heavy (non-hydrogen) atoms. The molecule has 1 N–H and O–H groups in total. The maximum Gasteiger partial charge on any atom is 0.342 e.